The second-order valence-electron chi connectivity index (χ2n) is 7.34. The van der Waals surface area contributed by atoms with E-state index in [0.717, 1.165) is 24.0 Å². The minimum Gasteiger partial charge on any atom is -0.478 e. The molecule has 0 unspecified atom stereocenters. The summed E-state index contributed by atoms with van der Waals surface area (Å²) < 4.78 is 0.885. The number of aromatic carboxylic acids is 1. The average molecular weight is 465 g/mol. The summed E-state index contributed by atoms with van der Waals surface area (Å²) in [7, 11) is 0. The molecule has 3 aromatic rings. The number of hydrogen-bond acceptors (Lipinski definition) is 3. The quantitative estimate of drug-likeness (QED) is 0.530. The van der Waals surface area contributed by atoms with Gasteiger partial charge < -0.3 is 15.3 Å². The van der Waals surface area contributed by atoms with Gasteiger partial charge in [-0.15, -0.1) is 0 Å². The summed E-state index contributed by atoms with van der Waals surface area (Å²) in [5.41, 5.74) is 3.11. The van der Waals surface area contributed by atoms with E-state index in [2.05, 4.69) is 38.3 Å². The lowest BCUT2D eigenvalue weighted by Crippen LogP contribution is -2.22. The molecule has 152 valence electrons. The molecule has 1 heterocycles. The van der Waals surface area contributed by atoms with Crippen molar-refractivity contribution >= 4 is 39.2 Å². The molecule has 0 aliphatic carbocycles. The first kappa shape index (κ1) is 20.2. The lowest BCUT2D eigenvalue weighted by Gasteiger charge is -2.21. The summed E-state index contributed by atoms with van der Waals surface area (Å²) in [6.07, 6.45) is 0.977. The molecule has 1 saturated heterocycles. The van der Waals surface area contributed by atoms with Crippen LogP contribution in [0, 0.1) is 0 Å². The number of carboxylic acid groups (broad SMARTS) is 1. The molecule has 30 heavy (non-hydrogen) atoms. The lowest BCUT2D eigenvalue weighted by atomic mass is 9.99. The fourth-order valence-corrected chi connectivity index (χ4v) is 4.11. The van der Waals surface area contributed by atoms with Crippen molar-refractivity contribution in [2.75, 3.05) is 23.3 Å². The van der Waals surface area contributed by atoms with Gasteiger partial charge in [-0.1, -0.05) is 46.3 Å². The van der Waals surface area contributed by atoms with Crippen LogP contribution < -0.4 is 10.2 Å². The minimum absolute atomic E-state index is 0.192. The number of benzene rings is 3. The van der Waals surface area contributed by atoms with Crippen molar-refractivity contribution in [1.29, 1.82) is 0 Å². The van der Waals surface area contributed by atoms with Crippen molar-refractivity contribution in [3.63, 3.8) is 0 Å². The fraction of sp³-hybridized carbons (Fsp3) is 0.167. The van der Waals surface area contributed by atoms with Gasteiger partial charge in [0.1, 0.15) is 0 Å². The topological polar surface area (TPSA) is 69.6 Å². The molecule has 3 aromatic carbocycles. The molecule has 0 bridgehead atoms. The summed E-state index contributed by atoms with van der Waals surface area (Å²) in [5.74, 6) is -0.908. The first-order chi connectivity index (χ1) is 14.5. The number of rotatable bonds is 5. The normalized spacial score (nSPS) is 15.8. The summed E-state index contributed by atoms with van der Waals surface area (Å²) in [5, 5.41) is 12.6. The van der Waals surface area contributed by atoms with Crippen molar-refractivity contribution < 1.29 is 14.7 Å². The van der Waals surface area contributed by atoms with Gasteiger partial charge in [0.15, 0.2) is 0 Å². The minimum atomic E-state index is -1.01. The van der Waals surface area contributed by atoms with E-state index in [4.69, 9.17) is 0 Å². The van der Waals surface area contributed by atoms with Gasteiger partial charge >= 0.3 is 5.97 Å². The lowest BCUT2D eigenvalue weighted by molar-refractivity contribution is 0.0697. The number of nitrogens with zero attached hydrogens (tertiary/aromatic N) is 1. The maximum atomic E-state index is 12.5. The number of carboxylic acids is 1. The molecular weight excluding hydrogens is 444 g/mol. The van der Waals surface area contributed by atoms with Gasteiger partial charge in [-0.2, -0.15) is 0 Å². The molecule has 1 amide bonds. The third-order valence-electron chi connectivity index (χ3n) is 5.39. The zero-order chi connectivity index (χ0) is 21.1. The van der Waals surface area contributed by atoms with Gasteiger partial charge in [-0.3, -0.25) is 4.79 Å². The molecule has 0 aromatic heterocycles. The summed E-state index contributed by atoms with van der Waals surface area (Å²) in [4.78, 5) is 26.5. The highest BCUT2D eigenvalue weighted by Crippen LogP contribution is 2.33. The maximum Gasteiger partial charge on any atom is 0.337 e. The van der Waals surface area contributed by atoms with E-state index in [-0.39, 0.29) is 11.5 Å². The molecular formula is C24H21BrN2O3. The predicted octanol–water partition coefficient (Wildman–Crippen LogP) is 5.39. The number of carbonyl (C=O) groups excluding carboxylic acids is 1. The third-order valence-corrected chi connectivity index (χ3v) is 5.92. The number of amides is 1. The van der Waals surface area contributed by atoms with Crippen molar-refractivity contribution in [1.82, 2.24) is 0 Å². The number of carbonyl (C=O) groups is 2. The van der Waals surface area contributed by atoms with Crippen molar-refractivity contribution in [3.8, 4) is 0 Å². The molecule has 0 saturated carbocycles. The van der Waals surface area contributed by atoms with Crippen LogP contribution in [-0.2, 0) is 0 Å². The van der Waals surface area contributed by atoms with E-state index in [1.54, 1.807) is 36.4 Å². The Bertz CT molecular complexity index is 1070. The van der Waals surface area contributed by atoms with E-state index in [9.17, 15) is 14.7 Å². The summed E-state index contributed by atoms with van der Waals surface area (Å²) >= 11 is 3.34. The van der Waals surface area contributed by atoms with Crippen LogP contribution in [-0.4, -0.2) is 30.1 Å². The Morgan fingerprint density at radius 2 is 1.73 bits per heavy atom. The average Bonchev–Trinajstić information content (AvgIpc) is 3.25. The van der Waals surface area contributed by atoms with Crippen LogP contribution in [0.2, 0.25) is 0 Å². The molecule has 2 N–H and O–H groups in total. The number of nitrogens with one attached hydrogen (secondary N) is 1. The molecule has 4 rings (SSSR count). The molecule has 0 radical (unpaired) electrons. The zero-order valence-corrected chi connectivity index (χ0v) is 17.8. The summed E-state index contributed by atoms with van der Waals surface area (Å²) in [6, 6.07) is 22.4. The highest BCUT2D eigenvalue weighted by molar-refractivity contribution is 9.10. The van der Waals surface area contributed by atoms with Gasteiger partial charge in [0.25, 0.3) is 5.91 Å². The highest BCUT2D eigenvalue weighted by atomic mass is 79.9. The van der Waals surface area contributed by atoms with Crippen LogP contribution >= 0.6 is 15.9 Å². The Hall–Kier alpha value is -3.12. The van der Waals surface area contributed by atoms with Gasteiger partial charge in [-0.05, 0) is 54.4 Å². The van der Waals surface area contributed by atoms with E-state index >= 15 is 0 Å². The smallest absolute Gasteiger partial charge is 0.337 e. The Balaban J connectivity index is 1.53. The number of hydrogen-bond donors (Lipinski definition) is 2. The second kappa shape index (κ2) is 8.71. The van der Waals surface area contributed by atoms with Crippen LogP contribution in [0.3, 0.4) is 0 Å². The Kier molecular flexibility index (Phi) is 5.86. The first-order valence-electron chi connectivity index (χ1n) is 9.75. The maximum absolute atomic E-state index is 12.5. The standard InChI is InChI=1S/C24H21BrN2O3/c25-19-8-6-17(7-9-19)23(28)26-20-10-11-22(21(14-20)24(29)30)27-13-12-18(15-27)16-4-2-1-3-5-16/h1-11,14,18H,12-13,15H2,(H,26,28)(H,29,30)/t18-/m0/s1. The van der Waals surface area contributed by atoms with Gasteiger partial charge in [0.2, 0.25) is 0 Å². The van der Waals surface area contributed by atoms with Gasteiger partial charge in [0, 0.05) is 34.7 Å². The van der Waals surface area contributed by atoms with Gasteiger partial charge in [0.05, 0.1) is 11.3 Å². The van der Waals surface area contributed by atoms with Crippen molar-refractivity contribution in [3.05, 3.63) is 94.0 Å². The molecule has 5 nitrogen and oxygen atoms in total. The van der Waals surface area contributed by atoms with Crippen LogP contribution in [0.5, 0.6) is 0 Å². The first-order valence-corrected chi connectivity index (χ1v) is 10.5. The van der Waals surface area contributed by atoms with E-state index in [1.807, 2.05) is 18.2 Å². The fourth-order valence-electron chi connectivity index (χ4n) is 3.84. The molecule has 1 atom stereocenters. The largest absolute Gasteiger partial charge is 0.478 e. The number of anilines is 2. The monoisotopic (exact) mass is 464 g/mol. The second-order valence-corrected chi connectivity index (χ2v) is 8.26. The van der Waals surface area contributed by atoms with Crippen LogP contribution in [0.25, 0.3) is 0 Å². The van der Waals surface area contributed by atoms with Gasteiger partial charge in [-0.25, -0.2) is 4.79 Å². The Morgan fingerprint density at radius 3 is 2.43 bits per heavy atom. The molecule has 6 heteroatoms. The summed E-state index contributed by atoms with van der Waals surface area (Å²) in [6.45, 7) is 1.57. The number of halogens is 1. The van der Waals surface area contributed by atoms with E-state index < -0.39 is 5.97 Å². The molecule has 1 aliphatic rings. The van der Waals surface area contributed by atoms with Crippen LogP contribution in [0.15, 0.2) is 77.3 Å². The SMILES string of the molecule is O=C(Nc1ccc(N2CC[C@H](c3ccccc3)C2)c(C(=O)O)c1)c1ccc(Br)cc1. The Morgan fingerprint density at radius 1 is 1.00 bits per heavy atom. The molecule has 1 fully saturated rings. The third kappa shape index (κ3) is 4.39. The van der Waals surface area contributed by atoms with E-state index in [1.165, 1.54) is 11.6 Å². The van der Waals surface area contributed by atoms with Crippen LogP contribution in [0.4, 0.5) is 11.4 Å². The Labute approximate surface area is 183 Å². The highest BCUT2D eigenvalue weighted by Gasteiger charge is 2.27. The molecule has 0 spiro atoms. The molecule has 1 aliphatic heterocycles. The predicted molar refractivity (Wildman–Crippen MR) is 122 cm³/mol. The van der Waals surface area contributed by atoms with Crippen molar-refractivity contribution in [2.45, 2.75) is 12.3 Å². The van der Waals surface area contributed by atoms with Crippen LogP contribution in [0.1, 0.15) is 38.6 Å². The van der Waals surface area contributed by atoms with E-state index in [0.29, 0.717) is 22.9 Å². The van der Waals surface area contributed by atoms with Crippen molar-refractivity contribution in [2.24, 2.45) is 0 Å². The zero-order valence-electron chi connectivity index (χ0n) is 16.2.